The van der Waals surface area contributed by atoms with Crippen LogP contribution in [0.4, 0.5) is 0 Å². The summed E-state index contributed by atoms with van der Waals surface area (Å²) in [5.74, 6) is -0.393. The lowest BCUT2D eigenvalue weighted by Gasteiger charge is -2.12. The van der Waals surface area contributed by atoms with Crippen LogP contribution in [0, 0.1) is 0 Å². The molecule has 7 heteroatoms. The van der Waals surface area contributed by atoms with Crippen molar-refractivity contribution in [3.8, 4) is 0 Å². The Morgan fingerprint density at radius 2 is 1.95 bits per heavy atom. The minimum Gasteiger partial charge on any atom is -0.349 e. The second-order valence-electron chi connectivity index (χ2n) is 4.82. The van der Waals surface area contributed by atoms with E-state index in [1.165, 1.54) is 6.92 Å². The molecule has 1 heterocycles. The van der Waals surface area contributed by atoms with Gasteiger partial charge in [0, 0.05) is 5.39 Å². The molecular formula is C14H17N3O3S. The van der Waals surface area contributed by atoms with E-state index >= 15 is 0 Å². The van der Waals surface area contributed by atoms with Gasteiger partial charge in [-0.05, 0) is 19.1 Å². The zero-order valence-electron chi connectivity index (χ0n) is 11.8. The number of hydrogen-bond donors (Lipinski definition) is 2. The maximum atomic E-state index is 11.8. The fraction of sp³-hybridized carbons (Fsp3) is 0.286. The van der Waals surface area contributed by atoms with Gasteiger partial charge in [0.25, 0.3) is 0 Å². The van der Waals surface area contributed by atoms with Gasteiger partial charge in [-0.1, -0.05) is 24.3 Å². The summed E-state index contributed by atoms with van der Waals surface area (Å²) in [6.07, 6.45) is 1.02. The number of aromatic nitrogens is 1. The summed E-state index contributed by atoms with van der Waals surface area (Å²) >= 11 is 0. The molecule has 0 aliphatic rings. The molecule has 0 saturated heterocycles. The molecule has 0 spiro atoms. The van der Waals surface area contributed by atoms with Crippen LogP contribution in [0.3, 0.4) is 0 Å². The molecule has 2 aromatic rings. The minimum atomic E-state index is -3.41. The normalized spacial score (nSPS) is 13.0. The SMILES string of the molecule is C[C@@H](NS(C)(=O)=O)C(=O)NCc1ccc2ccccc2n1. The Morgan fingerprint density at radius 3 is 2.67 bits per heavy atom. The Bertz CT molecular complexity index is 759. The first-order valence-corrected chi connectivity index (χ1v) is 8.34. The van der Waals surface area contributed by atoms with E-state index < -0.39 is 22.0 Å². The first-order chi connectivity index (χ1) is 9.85. The van der Waals surface area contributed by atoms with Gasteiger partial charge in [0.2, 0.25) is 15.9 Å². The number of fused-ring (bicyclic) bond motifs is 1. The number of pyridine rings is 1. The van der Waals surface area contributed by atoms with E-state index in [1.807, 2.05) is 36.4 Å². The quantitative estimate of drug-likeness (QED) is 0.855. The molecule has 0 unspecified atom stereocenters. The average molecular weight is 307 g/mol. The predicted octanol–water partition coefficient (Wildman–Crippen LogP) is 0.789. The third-order valence-corrected chi connectivity index (χ3v) is 3.67. The molecular weight excluding hydrogens is 290 g/mol. The maximum absolute atomic E-state index is 11.8. The van der Waals surface area contributed by atoms with Crippen LogP contribution in [0.2, 0.25) is 0 Å². The summed E-state index contributed by atoms with van der Waals surface area (Å²) in [6, 6.07) is 10.6. The van der Waals surface area contributed by atoms with Crippen LogP contribution < -0.4 is 10.0 Å². The van der Waals surface area contributed by atoms with Gasteiger partial charge in [-0.15, -0.1) is 0 Å². The summed E-state index contributed by atoms with van der Waals surface area (Å²) in [4.78, 5) is 16.2. The highest BCUT2D eigenvalue weighted by molar-refractivity contribution is 7.88. The van der Waals surface area contributed by atoms with Gasteiger partial charge in [-0.3, -0.25) is 9.78 Å². The van der Waals surface area contributed by atoms with E-state index in [9.17, 15) is 13.2 Å². The predicted molar refractivity (Wildman–Crippen MR) is 81.0 cm³/mol. The Balaban J connectivity index is 1.99. The van der Waals surface area contributed by atoms with Gasteiger partial charge in [0.1, 0.15) is 0 Å². The number of carbonyl (C=O) groups is 1. The van der Waals surface area contributed by atoms with Gasteiger partial charge in [0.05, 0.1) is 30.1 Å². The molecule has 0 radical (unpaired) electrons. The van der Waals surface area contributed by atoms with Gasteiger partial charge in [-0.2, -0.15) is 0 Å². The van der Waals surface area contributed by atoms with Crippen molar-refractivity contribution < 1.29 is 13.2 Å². The van der Waals surface area contributed by atoms with Crippen LogP contribution in [-0.4, -0.2) is 31.6 Å². The van der Waals surface area contributed by atoms with Gasteiger partial charge >= 0.3 is 0 Å². The van der Waals surface area contributed by atoms with Gasteiger partial charge in [-0.25, -0.2) is 13.1 Å². The molecule has 1 atom stereocenters. The van der Waals surface area contributed by atoms with Gasteiger partial charge in [0.15, 0.2) is 0 Å². The first kappa shape index (κ1) is 15.4. The number of sulfonamides is 1. The number of nitrogens with zero attached hydrogens (tertiary/aromatic N) is 1. The lowest BCUT2D eigenvalue weighted by atomic mass is 10.2. The van der Waals surface area contributed by atoms with Crippen LogP contribution in [0.1, 0.15) is 12.6 Å². The lowest BCUT2D eigenvalue weighted by molar-refractivity contribution is -0.122. The van der Waals surface area contributed by atoms with Crippen molar-refractivity contribution in [3.63, 3.8) is 0 Å². The van der Waals surface area contributed by atoms with Crippen molar-refractivity contribution in [1.82, 2.24) is 15.0 Å². The highest BCUT2D eigenvalue weighted by atomic mass is 32.2. The van der Waals surface area contributed by atoms with Crippen molar-refractivity contribution in [2.75, 3.05) is 6.26 Å². The Kier molecular flexibility index (Phi) is 4.54. The standard InChI is InChI=1S/C14H17N3O3S/c1-10(17-21(2,19)20)14(18)15-9-12-8-7-11-5-3-4-6-13(11)16-12/h3-8,10,17H,9H2,1-2H3,(H,15,18)/t10-/m1/s1. The van der Waals surface area contributed by atoms with Crippen LogP contribution >= 0.6 is 0 Å². The third kappa shape index (κ3) is 4.51. The molecule has 1 aromatic carbocycles. The van der Waals surface area contributed by atoms with Crippen LogP contribution in [-0.2, 0) is 21.4 Å². The average Bonchev–Trinajstić information content (AvgIpc) is 2.42. The fourth-order valence-corrected chi connectivity index (χ4v) is 2.66. The van der Waals surface area contributed by atoms with Crippen molar-refractivity contribution in [1.29, 1.82) is 0 Å². The summed E-state index contributed by atoms with van der Waals surface area (Å²) < 4.78 is 24.4. The lowest BCUT2D eigenvalue weighted by Crippen LogP contribution is -2.44. The number of para-hydroxylation sites is 1. The summed E-state index contributed by atoms with van der Waals surface area (Å²) in [7, 11) is -3.41. The third-order valence-electron chi connectivity index (χ3n) is 2.88. The van der Waals surface area contributed by atoms with E-state index in [1.54, 1.807) is 0 Å². The van der Waals surface area contributed by atoms with Crippen LogP contribution in [0.25, 0.3) is 10.9 Å². The molecule has 2 N–H and O–H groups in total. The molecule has 1 amide bonds. The Labute approximate surface area is 123 Å². The molecule has 0 aliphatic heterocycles. The van der Waals surface area contributed by atoms with Crippen molar-refractivity contribution >= 4 is 26.8 Å². The van der Waals surface area contributed by atoms with E-state index in [4.69, 9.17) is 0 Å². The van der Waals surface area contributed by atoms with E-state index in [-0.39, 0.29) is 6.54 Å². The highest BCUT2D eigenvalue weighted by Gasteiger charge is 2.16. The summed E-state index contributed by atoms with van der Waals surface area (Å²) in [6.45, 7) is 1.74. The second kappa shape index (κ2) is 6.19. The number of amides is 1. The number of benzene rings is 1. The molecule has 1 aromatic heterocycles. The van der Waals surface area contributed by atoms with E-state index in [0.717, 1.165) is 17.2 Å². The zero-order valence-corrected chi connectivity index (χ0v) is 12.6. The number of nitrogens with one attached hydrogen (secondary N) is 2. The molecule has 2 rings (SSSR count). The van der Waals surface area contributed by atoms with Crippen molar-refractivity contribution in [2.45, 2.75) is 19.5 Å². The Hall–Kier alpha value is -1.99. The highest BCUT2D eigenvalue weighted by Crippen LogP contribution is 2.11. The molecule has 0 aliphatic carbocycles. The molecule has 0 saturated carbocycles. The topological polar surface area (TPSA) is 88.2 Å². The largest absolute Gasteiger partial charge is 0.349 e. The summed E-state index contributed by atoms with van der Waals surface area (Å²) in [5.41, 5.74) is 1.57. The number of rotatable bonds is 5. The second-order valence-corrected chi connectivity index (χ2v) is 6.60. The van der Waals surface area contributed by atoms with Gasteiger partial charge < -0.3 is 5.32 Å². The molecule has 112 valence electrons. The molecule has 0 fully saturated rings. The van der Waals surface area contributed by atoms with Crippen LogP contribution in [0.5, 0.6) is 0 Å². The molecule has 0 bridgehead atoms. The molecule has 21 heavy (non-hydrogen) atoms. The first-order valence-electron chi connectivity index (χ1n) is 6.45. The molecule has 6 nitrogen and oxygen atoms in total. The maximum Gasteiger partial charge on any atom is 0.238 e. The fourth-order valence-electron chi connectivity index (χ4n) is 1.91. The van der Waals surface area contributed by atoms with E-state index in [2.05, 4.69) is 15.0 Å². The van der Waals surface area contributed by atoms with E-state index in [0.29, 0.717) is 5.69 Å². The Morgan fingerprint density at radius 1 is 1.24 bits per heavy atom. The smallest absolute Gasteiger partial charge is 0.238 e. The number of hydrogen-bond acceptors (Lipinski definition) is 4. The monoisotopic (exact) mass is 307 g/mol. The zero-order chi connectivity index (χ0) is 15.5. The van der Waals surface area contributed by atoms with Crippen LogP contribution in [0.15, 0.2) is 36.4 Å². The van der Waals surface area contributed by atoms with Crippen molar-refractivity contribution in [2.24, 2.45) is 0 Å². The number of carbonyl (C=O) groups excluding carboxylic acids is 1. The van der Waals surface area contributed by atoms with Crippen molar-refractivity contribution in [3.05, 3.63) is 42.1 Å². The minimum absolute atomic E-state index is 0.249. The summed E-state index contributed by atoms with van der Waals surface area (Å²) in [5, 5.41) is 3.69.